The van der Waals surface area contributed by atoms with Crippen LogP contribution in [-0.2, 0) is 76.4 Å². The van der Waals surface area contributed by atoms with Gasteiger partial charge in [0.25, 0.3) is 11.8 Å². The number of nitrogens with one attached hydrogen (secondary N) is 7. The summed E-state index contributed by atoms with van der Waals surface area (Å²) in [6, 6.07) is -5.60. The molecule has 2 fully saturated rings. The molecule has 5 rings (SSSR count). The highest BCUT2D eigenvalue weighted by Gasteiger charge is 2.72. The Morgan fingerprint density at radius 3 is 1.97 bits per heavy atom. The summed E-state index contributed by atoms with van der Waals surface area (Å²) in [6.07, 6.45) is 0.577. The first-order chi connectivity index (χ1) is 35.5. The minimum absolute atomic E-state index is 0.00580. The number of methoxy groups -OCH3 is 1. The van der Waals surface area contributed by atoms with E-state index >= 15 is 0 Å². The maximum Gasteiger partial charge on any atom is 0.404 e. The maximum atomic E-state index is 14.4. The summed E-state index contributed by atoms with van der Waals surface area (Å²) >= 11 is 0. The fourth-order valence-electron chi connectivity index (χ4n) is 9.13. The predicted molar refractivity (Wildman–Crippen MR) is 258 cm³/mol. The van der Waals surface area contributed by atoms with Crippen molar-refractivity contribution in [2.45, 2.75) is 109 Å². The SMILES string of the molecule is CO[C@@]12[C@@H]3N[C@@H]3CN1C1=C(C(=O)C(NC(=O)C(CC(C)C)NC(=O)[C@@H](CC(C)=O)NC(=O)[C@@H](C)NC(=O)[C@@H](C)NC(=O)CCOCCOCCOCCNC(=O)CCN3C(=O)C=CC3=O)=C(C)C1=O)[C@@H]2COC(N)=O. The zero-order chi connectivity index (χ0) is 55.3. The zero-order valence-electron chi connectivity index (χ0n) is 43.1. The van der Waals surface area contributed by atoms with E-state index in [1.54, 1.807) is 18.7 Å². The van der Waals surface area contributed by atoms with Crippen LogP contribution in [0.3, 0.4) is 0 Å². The lowest BCUT2D eigenvalue weighted by Crippen LogP contribution is -2.58. The van der Waals surface area contributed by atoms with E-state index in [9.17, 15) is 57.5 Å². The van der Waals surface area contributed by atoms with Crippen LogP contribution in [0.15, 0.2) is 34.7 Å². The number of allylic oxidation sites excluding steroid dienone is 2. The lowest BCUT2D eigenvalue weighted by Gasteiger charge is -2.39. The standard InChI is InChI=1S/C48H68N10O17/c1-24(2)20-30(46(69)56-38-26(4)40(64)39-37(41(38)65)29(23-75-47(49)70)48(71-7)42-32(53-42)22-58(39)48)55-45(68)31(21-25(3)59)54-44(67)28(6)52-43(66)27(5)51-34(61)11-14-72-16-18-74-19-17-73-15-12-50-33(60)10-13-57-35(62)8-9-36(57)63/h8-9,24,27-32,42,53H,10-23H2,1-7H3,(H2,49,70)(H,50,60)(H,51,61)(H,52,66)(H,54,67)(H,55,68)(H,56,69)/t27-,28-,29+,30?,31-,32-,42-,48+/m1/s1. The van der Waals surface area contributed by atoms with Crippen LogP contribution in [0, 0.1) is 11.8 Å². The molecule has 0 aromatic heterocycles. The average Bonchev–Trinajstić information content (AvgIpc) is 3.83. The first-order valence-corrected chi connectivity index (χ1v) is 24.6. The van der Waals surface area contributed by atoms with Gasteiger partial charge in [-0.05, 0) is 40.0 Å². The Morgan fingerprint density at radius 1 is 0.760 bits per heavy atom. The van der Waals surface area contributed by atoms with Gasteiger partial charge in [-0.3, -0.25) is 57.6 Å². The average molecular weight is 1060 g/mol. The van der Waals surface area contributed by atoms with Crippen molar-refractivity contribution in [3.05, 3.63) is 34.7 Å². The van der Waals surface area contributed by atoms with E-state index in [1.807, 2.05) is 0 Å². The number of primary amides is 1. The van der Waals surface area contributed by atoms with Crippen molar-refractivity contribution in [1.29, 1.82) is 0 Å². The molecule has 2 saturated heterocycles. The summed E-state index contributed by atoms with van der Waals surface area (Å²) in [6.45, 7) is 9.99. The number of carbonyl (C=O) groups excluding carboxylic acids is 12. The quantitative estimate of drug-likeness (QED) is 0.0144. The molecular formula is C48H68N10O17. The van der Waals surface area contributed by atoms with Crippen molar-refractivity contribution < 1.29 is 81.2 Å². The number of nitrogens with zero attached hydrogens (tertiary/aromatic N) is 2. The third kappa shape index (κ3) is 14.9. The molecule has 27 nitrogen and oxygen atoms in total. The van der Waals surface area contributed by atoms with Gasteiger partial charge in [-0.2, -0.15) is 0 Å². The molecule has 9 amide bonds. The number of rotatable bonds is 31. The molecule has 27 heteroatoms. The number of ketones is 3. The smallest absolute Gasteiger partial charge is 0.404 e. The second kappa shape index (κ2) is 26.5. The Kier molecular flexibility index (Phi) is 20.8. The molecule has 0 aromatic rings. The van der Waals surface area contributed by atoms with Crippen molar-refractivity contribution in [2.75, 3.05) is 73.0 Å². The van der Waals surface area contributed by atoms with Gasteiger partial charge in [-0.15, -0.1) is 0 Å². The number of imide groups is 1. The fraction of sp³-hybridized carbons (Fsp3) is 0.625. The maximum absolute atomic E-state index is 14.4. The number of hydrogen-bond acceptors (Lipinski definition) is 19. The predicted octanol–water partition coefficient (Wildman–Crippen LogP) is -3.62. The molecule has 8 atom stereocenters. The Balaban J connectivity index is 1.03. The van der Waals surface area contributed by atoms with E-state index < -0.39 is 114 Å². The van der Waals surface area contributed by atoms with Gasteiger partial charge in [0.1, 0.15) is 36.6 Å². The highest BCUT2D eigenvalue weighted by atomic mass is 16.6. The molecule has 0 radical (unpaired) electrons. The van der Waals surface area contributed by atoms with Crippen LogP contribution in [0.4, 0.5) is 4.79 Å². The van der Waals surface area contributed by atoms with Crippen LogP contribution in [0.1, 0.15) is 67.2 Å². The molecule has 412 valence electrons. The summed E-state index contributed by atoms with van der Waals surface area (Å²) in [5.74, 6) is -8.17. The molecule has 4 aliphatic heterocycles. The Bertz CT molecular complexity index is 2370. The minimum Gasteiger partial charge on any atom is -0.449 e. The topological polar surface area (TPSA) is 378 Å². The van der Waals surface area contributed by atoms with Gasteiger partial charge in [-0.25, -0.2) is 4.79 Å². The highest BCUT2D eigenvalue weighted by Crippen LogP contribution is 2.55. The number of carbonyl (C=O) groups is 12. The van der Waals surface area contributed by atoms with Crippen molar-refractivity contribution in [1.82, 2.24) is 47.0 Å². The van der Waals surface area contributed by atoms with Gasteiger partial charge in [-0.1, -0.05) is 13.8 Å². The van der Waals surface area contributed by atoms with Gasteiger partial charge in [0, 0.05) is 75.3 Å². The number of hydrogen-bond donors (Lipinski definition) is 8. The van der Waals surface area contributed by atoms with Crippen LogP contribution in [0.5, 0.6) is 0 Å². The molecule has 75 heavy (non-hydrogen) atoms. The first kappa shape index (κ1) is 58.9. The van der Waals surface area contributed by atoms with E-state index in [0.29, 0.717) is 6.54 Å². The third-order valence-corrected chi connectivity index (χ3v) is 12.9. The van der Waals surface area contributed by atoms with Crippen molar-refractivity contribution >= 4 is 70.7 Å². The second-order valence-electron chi connectivity index (χ2n) is 18.9. The van der Waals surface area contributed by atoms with E-state index in [-0.39, 0.29) is 118 Å². The van der Waals surface area contributed by atoms with Gasteiger partial charge < -0.3 is 71.5 Å². The van der Waals surface area contributed by atoms with Gasteiger partial charge in [0.15, 0.2) is 5.72 Å². The molecule has 0 bridgehead atoms. The van der Waals surface area contributed by atoms with Gasteiger partial charge in [0.05, 0.1) is 63.0 Å². The molecular weight excluding hydrogens is 989 g/mol. The molecule has 1 aliphatic carbocycles. The van der Waals surface area contributed by atoms with Gasteiger partial charge in [0.2, 0.25) is 47.0 Å². The summed E-state index contributed by atoms with van der Waals surface area (Å²) in [7, 11) is 1.42. The number of piperazine rings is 1. The fourth-order valence-corrected chi connectivity index (χ4v) is 9.13. The summed E-state index contributed by atoms with van der Waals surface area (Å²) < 4.78 is 27.4. The van der Waals surface area contributed by atoms with Crippen LogP contribution >= 0.6 is 0 Å². The largest absolute Gasteiger partial charge is 0.449 e. The lowest BCUT2D eigenvalue weighted by molar-refractivity contribution is -0.137. The van der Waals surface area contributed by atoms with Crippen LogP contribution in [0.25, 0.3) is 0 Å². The summed E-state index contributed by atoms with van der Waals surface area (Å²) in [5.41, 5.74) is 3.63. The Labute approximate surface area is 432 Å². The minimum atomic E-state index is -1.52. The Hall–Kier alpha value is -6.94. The number of nitrogens with two attached hydrogens (primary N) is 1. The Morgan fingerprint density at radius 2 is 1.36 bits per heavy atom. The molecule has 0 saturated carbocycles. The molecule has 0 spiro atoms. The third-order valence-electron chi connectivity index (χ3n) is 12.9. The number of Topliss-reactive ketones (excluding diaryl/α,β-unsaturated/α-hetero) is 3. The van der Waals surface area contributed by atoms with E-state index in [1.165, 1.54) is 34.8 Å². The number of fused-ring (bicyclic) bond motifs is 4. The van der Waals surface area contributed by atoms with Crippen molar-refractivity contribution in [3.63, 3.8) is 0 Å². The summed E-state index contributed by atoms with van der Waals surface area (Å²) in [4.78, 5) is 157. The lowest BCUT2D eigenvalue weighted by atomic mass is 9.82. The van der Waals surface area contributed by atoms with E-state index in [0.717, 1.165) is 17.1 Å². The molecule has 1 unspecified atom stereocenters. The van der Waals surface area contributed by atoms with E-state index in [2.05, 4.69) is 37.2 Å². The monoisotopic (exact) mass is 1060 g/mol. The van der Waals surface area contributed by atoms with Crippen LogP contribution in [0.2, 0.25) is 0 Å². The second-order valence-corrected chi connectivity index (χ2v) is 18.9. The van der Waals surface area contributed by atoms with Crippen LogP contribution in [-0.4, -0.2) is 195 Å². The van der Waals surface area contributed by atoms with Crippen molar-refractivity contribution in [2.24, 2.45) is 17.6 Å². The summed E-state index contributed by atoms with van der Waals surface area (Å²) in [5, 5.41) is 18.4. The highest BCUT2D eigenvalue weighted by molar-refractivity contribution is 6.26. The first-order valence-electron chi connectivity index (χ1n) is 24.6. The van der Waals surface area contributed by atoms with Crippen molar-refractivity contribution in [3.8, 4) is 0 Å². The zero-order valence-corrected chi connectivity index (χ0v) is 43.1. The normalized spacial score (nSPS) is 22.0. The molecule has 0 aromatic carbocycles. The molecule has 4 heterocycles. The van der Waals surface area contributed by atoms with Gasteiger partial charge >= 0.3 is 6.09 Å². The number of amides is 9. The molecule has 5 aliphatic rings. The van der Waals surface area contributed by atoms with Crippen LogP contribution < -0.4 is 43.0 Å². The number of ether oxygens (including phenoxy) is 5. The van der Waals surface area contributed by atoms with E-state index in [4.69, 9.17) is 29.4 Å². The molecule has 9 N–H and O–H groups in total.